The third kappa shape index (κ3) is 3.59. The Morgan fingerprint density at radius 3 is 2.75 bits per heavy atom. The lowest BCUT2D eigenvalue weighted by Gasteiger charge is -2.23. The summed E-state index contributed by atoms with van der Waals surface area (Å²) in [5.74, 6) is 0.299. The quantitative estimate of drug-likeness (QED) is 0.905. The second-order valence-electron chi connectivity index (χ2n) is 5.75. The van der Waals surface area contributed by atoms with Crippen LogP contribution in [-0.4, -0.2) is 32.5 Å². The molecule has 0 spiro atoms. The molecule has 7 heteroatoms. The molecule has 0 radical (unpaired) electrons. The fourth-order valence-corrected chi connectivity index (χ4v) is 2.93. The van der Waals surface area contributed by atoms with Crippen molar-refractivity contribution in [3.05, 3.63) is 47.1 Å². The van der Waals surface area contributed by atoms with Crippen molar-refractivity contribution in [2.24, 2.45) is 0 Å². The predicted octanol–water partition coefficient (Wildman–Crippen LogP) is 2.69. The van der Waals surface area contributed by atoms with Crippen molar-refractivity contribution in [3.63, 3.8) is 0 Å². The molecule has 1 aliphatic rings. The number of hydrogen-bond donors (Lipinski definition) is 1. The number of aromatic nitrogens is 2. The molecule has 1 atom stereocenters. The molecule has 1 aromatic carbocycles. The van der Waals surface area contributed by atoms with Crippen molar-refractivity contribution in [2.75, 3.05) is 5.32 Å². The Morgan fingerprint density at radius 1 is 1.33 bits per heavy atom. The van der Waals surface area contributed by atoms with Gasteiger partial charge in [-0.15, -0.1) is 0 Å². The van der Waals surface area contributed by atoms with Gasteiger partial charge in [-0.1, -0.05) is 23.7 Å². The number of halogens is 1. The van der Waals surface area contributed by atoms with Crippen molar-refractivity contribution in [2.45, 2.75) is 38.9 Å². The van der Waals surface area contributed by atoms with Crippen molar-refractivity contribution in [3.8, 4) is 0 Å². The Bertz CT molecular complexity index is 741. The number of anilines is 1. The van der Waals surface area contributed by atoms with Gasteiger partial charge < -0.3 is 10.2 Å². The zero-order valence-corrected chi connectivity index (χ0v) is 14.2. The SMILES string of the molecule is CCn1ccc(NC(=O)[C@@H]2CCC(=O)N2Cc2ccc(Cl)cc2)n1. The van der Waals surface area contributed by atoms with E-state index in [0.717, 1.165) is 12.1 Å². The van der Waals surface area contributed by atoms with Crippen molar-refractivity contribution < 1.29 is 9.59 Å². The predicted molar refractivity (Wildman–Crippen MR) is 91.6 cm³/mol. The van der Waals surface area contributed by atoms with Gasteiger partial charge >= 0.3 is 0 Å². The summed E-state index contributed by atoms with van der Waals surface area (Å²) in [4.78, 5) is 26.3. The maximum Gasteiger partial charge on any atom is 0.248 e. The highest BCUT2D eigenvalue weighted by Crippen LogP contribution is 2.23. The highest BCUT2D eigenvalue weighted by atomic mass is 35.5. The summed E-state index contributed by atoms with van der Waals surface area (Å²) in [6.45, 7) is 3.11. The average molecular weight is 347 g/mol. The third-order valence-electron chi connectivity index (χ3n) is 4.11. The zero-order chi connectivity index (χ0) is 17.1. The molecule has 1 aromatic heterocycles. The summed E-state index contributed by atoms with van der Waals surface area (Å²) >= 11 is 5.89. The van der Waals surface area contributed by atoms with E-state index in [0.29, 0.717) is 30.2 Å². The highest BCUT2D eigenvalue weighted by molar-refractivity contribution is 6.30. The first-order valence-corrected chi connectivity index (χ1v) is 8.33. The maximum absolute atomic E-state index is 12.5. The van der Waals surface area contributed by atoms with Gasteiger partial charge in [0.25, 0.3) is 0 Å². The molecule has 1 saturated heterocycles. The van der Waals surface area contributed by atoms with Gasteiger partial charge in [0.15, 0.2) is 5.82 Å². The minimum atomic E-state index is -0.472. The number of likely N-dealkylation sites (tertiary alicyclic amines) is 1. The molecule has 0 bridgehead atoms. The molecule has 1 fully saturated rings. The minimum absolute atomic E-state index is 0.0100. The first kappa shape index (κ1) is 16.5. The Morgan fingerprint density at radius 2 is 2.08 bits per heavy atom. The van der Waals surface area contributed by atoms with Gasteiger partial charge in [0.1, 0.15) is 6.04 Å². The van der Waals surface area contributed by atoms with Crippen LogP contribution < -0.4 is 5.32 Å². The highest BCUT2D eigenvalue weighted by Gasteiger charge is 2.36. The fourth-order valence-electron chi connectivity index (χ4n) is 2.80. The molecule has 126 valence electrons. The topological polar surface area (TPSA) is 67.2 Å². The van der Waals surface area contributed by atoms with Crippen molar-refractivity contribution in [1.82, 2.24) is 14.7 Å². The molecule has 1 aliphatic heterocycles. The molecule has 2 amide bonds. The van der Waals surface area contributed by atoms with Crippen LogP contribution in [0.4, 0.5) is 5.82 Å². The fraction of sp³-hybridized carbons (Fsp3) is 0.353. The van der Waals surface area contributed by atoms with Gasteiger partial charge in [-0.25, -0.2) is 0 Å². The Hall–Kier alpha value is -2.34. The van der Waals surface area contributed by atoms with Crippen molar-refractivity contribution in [1.29, 1.82) is 0 Å². The third-order valence-corrected chi connectivity index (χ3v) is 4.36. The number of benzene rings is 1. The van der Waals surface area contributed by atoms with Crippen LogP contribution in [0.3, 0.4) is 0 Å². The second kappa shape index (κ2) is 7.05. The summed E-state index contributed by atoms with van der Waals surface area (Å²) < 4.78 is 1.74. The number of carbonyl (C=O) groups is 2. The smallest absolute Gasteiger partial charge is 0.248 e. The number of amides is 2. The second-order valence-corrected chi connectivity index (χ2v) is 6.18. The normalized spacial score (nSPS) is 17.3. The standard InChI is InChI=1S/C17H19ClN4O2/c1-2-21-10-9-15(20-21)19-17(24)14-7-8-16(23)22(14)11-12-3-5-13(18)6-4-12/h3-6,9-10,14H,2,7-8,11H2,1H3,(H,19,20,24)/t14-/m0/s1. The van der Waals surface area contributed by atoms with E-state index >= 15 is 0 Å². The van der Waals surface area contributed by atoms with E-state index < -0.39 is 6.04 Å². The molecule has 3 rings (SSSR count). The lowest BCUT2D eigenvalue weighted by Crippen LogP contribution is -2.41. The first-order chi connectivity index (χ1) is 11.6. The molecular formula is C17H19ClN4O2. The average Bonchev–Trinajstić information content (AvgIpc) is 3.17. The van der Waals surface area contributed by atoms with Crippen LogP contribution >= 0.6 is 11.6 Å². The summed E-state index contributed by atoms with van der Waals surface area (Å²) in [6, 6.07) is 8.58. The zero-order valence-electron chi connectivity index (χ0n) is 13.4. The Labute approximate surface area is 145 Å². The number of rotatable bonds is 5. The van der Waals surface area contributed by atoms with E-state index in [1.807, 2.05) is 19.1 Å². The molecule has 0 unspecified atom stereocenters. The number of nitrogens with zero attached hydrogens (tertiary/aromatic N) is 3. The van der Waals surface area contributed by atoms with E-state index in [1.54, 1.807) is 34.0 Å². The van der Waals surface area contributed by atoms with Crippen LogP contribution in [0.15, 0.2) is 36.5 Å². The first-order valence-electron chi connectivity index (χ1n) is 7.95. The van der Waals surface area contributed by atoms with Gasteiger partial charge in [-0.3, -0.25) is 14.3 Å². The van der Waals surface area contributed by atoms with Gasteiger partial charge in [0.05, 0.1) is 0 Å². The number of nitrogens with one attached hydrogen (secondary N) is 1. The van der Waals surface area contributed by atoms with Crippen LogP contribution in [-0.2, 0) is 22.7 Å². The van der Waals surface area contributed by atoms with Gasteiger partial charge in [-0.2, -0.15) is 5.10 Å². The van der Waals surface area contributed by atoms with Crippen LogP contribution in [0.2, 0.25) is 5.02 Å². The maximum atomic E-state index is 12.5. The van der Waals surface area contributed by atoms with Crippen LogP contribution in [0.1, 0.15) is 25.3 Å². The van der Waals surface area contributed by atoms with Crippen molar-refractivity contribution >= 4 is 29.2 Å². The molecule has 24 heavy (non-hydrogen) atoms. The van der Waals surface area contributed by atoms with E-state index in [4.69, 9.17) is 11.6 Å². The van der Waals surface area contributed by atoms with E-state index in [1.165, 1.54) is 0 Å². The van der Waals surface area contributed by atoms with Crippen LogP contribution in [0, 0.1) is 0 Å². The monoisotopic (exact) mass is 346 g/mol. The van der Waals surface area contributed by atoms with E-state index in [9.17, 15) is 9.59 Å². The number of carbonyl (C=O) groups excluding carboxylic acids is 2. The molecule has 2 aromatic rings. The number of hydrogen-bond acceptors (Lipinski definition) is 3. The molecule has 0 aliphatic carbocycles. The van der Waals surface area contributed by atoms with Gasteiger partial charge in [0, 0.05) is 36.8 Å². The molecule has 2 heterocycles. The summed E-state index contributed by atoms with van der Waals surface area (Å²) in [5.41, 5.74) is 0.947. The molecular weight excluding hydrogens is 328 g/mol. The summed E-state index contributed by atoms with van der Waals surface area (Å²) in [7, 11) is 0. The van der Waals surface area contributed by atoms with Gasteiger partial charge in [-0.05, 0) is 31.0 Å². The minimum Gasteiger partial charge on any atom is -0.326 e. The van der Waals surface area contributed by atoms with Crippen LogP contribution in [0.25, 0.3) is 0 Å². The Kier molecular flexibility index (Phi) is 4.85. The van der Waals surface area contributed by atoms with Gasteiger partial charge in [0.2, 0.25) is 11.8 Å². The lowest BCUT2D eigenvalue weighted by molar-refractivity contribution is -0.133. The van der Waals surface area contributed by atoms with E-state index in [2.05, 4.69) is 10.4 Å². The molecule has 6 nitrogen and oxygen atoms in total. The molecule has 1 N–H and O–H groups in total. The van der Waals surface area contributed by atoms with Crippen LogP contribution in [0.5, 0.6) is 0 Å². The summed E-state index contributed by atoms with van der Waals surface area (Å²) in [5, 5.41) is 7.69. The van der Waals surface area contributed by atoms with E-state index in [-0.39, 0.29) is 11.8 Å². The summed E-state index contributed by atoms with van der Waals surface area (Å²) in [6.07, 6.45) is 2.71. The largest absolute Gasteiger partial charge is 0.326 e. The number of aryl methyl sites for hydroxylation is 1. The Balaban J connectivity index is 1.69. The molecule has 0 saturated carbocycles. The lowest BCUT2D eigenvalue weighted by atomic mass is 10.1.